The molecule has 1 aliphatic rings. The Bertz CT molecular complexity index is 291. The minimum absolute atomic E-state index is 0.127. The van der Waals surface area contributed by atoms with Crippen molar-refractivity contribution in [2.45, 2.75) is 73.3 Å². The Kier molecular flexibility index (Phi) is 9.76. The Hall–Kier alpha value is -0.700. The molecule has 3 heteroatoms. The molecule has 3 atom stereocenters. The van der Waals surface area contributed by atoms with Crippen LogP contribution >= 0.6 is 0 Å². The molecule has 1 saturated carbocycles. The van der Waals surface area contributed by atoms with Crippen LogP contribution in [0.25, 0.3) is 0 Å². The summed E-state index contributed by atoms with van der Waals surface area (Å²) < 4.78 is 5.55. The second-order valence-corrected chi connectivity index (χ2v) is 7.70. The van der Waals surface area contributed by atoms with E-state index in [1.54, 1.807) is 0 Å². The summed E-state index contributed by atoms with van der Waals surface area (Å²) >= 11 is 0. The highest BCUT2D eigenvalue weighted by molar-refractivity contribution is 5.51. The van der Waals surface area contributed by atoms with E-state index < -0.39 is 0 Å². The number of carbonyl (C=O) groups excluding carboxylic acids is 2. The molecule has 21 heavy (non-hydrogen) atoms. The van der Waals surface area contributed by atoms with E-state index in [9.17, 15) is 9.59 Å². The van der Waals surface area contributed by atoms with Gasteiger partial charge in [-0.2, -0.15) is 0 Å². The quantitative estimate of drug-likeness (QED) is 0.767. The topological polar surface area (TPSA) is 43.4 Å². The smallest absolute Gasteiger partial charge is 0.226 e. The number of rotatable bonds is 5. The van der Waals surface area contributed by atoms with Gasteiger partial charge in [-0.15, -0.1) is 0 Å². The summed E-state index contributed by atoms with van der Waals surface area (Å²) in [6.45, 7) is 12.9. The summed E-state index contributed by atoms with van der Waals surface area (Å²) in [6.07, 6.45) is 8.13. The average molecular weight is 296 g/mol. The van der Waals surface area contributed by atoms with E-state index >= 15 is 0 Å². The molecule has 3 nitrogen and oxygen atoms in total. The van der Waals surface area contributed by atoms with E-state index in [-0.39, 0.29) is 18.1 Å². The van der Waals surface area contributed by atoms with Gasteiger partial charge in [-0.3, -0.25) is 9.59 Å². The van der Waals surface area contributed by atoms with Gasteiger partial charge in [-0.1, -0.05) is 48.0 Å². The van der Waals surface area contributed by atoms with Crippen LogP contribution in [-0.2, 0) is 14.3 Å². The van der Waals surface area contributed by atoms with Gasteiger partial charge in [-0.05, 0) is 36.0 Å². The predicted molar refractivity (Wildman–Crippen MR) is 86.5 cm³/mol. The van der Waals surface area contributed by atoms with Crippen molar-refractivity contribution in [3.05, 3.63) is 0 Å². The van der Waals surface area contributed by atoms with Gasteiger partial charge < -0.3 is 4.74 Å². The van der Waals surface area contributed by atoms with Crippen molar-refractivity contribution in [3.63, 3.8) is 0 Å². The Morgan fingerprint density at radius 3 is 2.14 bits per heavy atom. The van der Waals surface area contributed by atoms with Gasteiger partial charge >= 0.3 is 0 Å². The first-order valence-corrected chi connectivity index (χ1v) is 8.02. The van der Waals surface area contributed by atoms with Gasteiger partial charge in [-0.25, -0.2) is 0 Å². The monoisotopic (exact) mass is 296 g/mol. The normalized spacial score (nSPS) is 26.0. The first kappa shape index (κ1) is 20.3. The Morgan fingerprint density at radius 2 is 1.76 bits per heavy atom. The molecular weight excluding hydrogens is 264 g/mol. The molecule has 0 aliphatic heterocycles. The van der Waals surface area contributed by atoms with Crippen LogP contribution in [0.2, 0.25) is 0 Å². The van der Waals surface area contributed by atoms with Crippen molar-refractivity contribution in [2.24, 2.45) is 23.2 Å². The fourth-order valence-corrected chi connectivity index (χ4v) is 2.66. The summed E-state index contributed by atoms with van der Waals surface area (Å²) in [5.74, 6) is 2.01. The minimum Gasteiger partial charge on any atom is -0.370 e. The maximum absolute atomic E-state index is 10.2. The van der Waals surface area contributed by atoms with Gasteiger partial charge in [0.15, 0.2) is 6.29 Å². The van der Waals surface area contributed by atoms with Gasteiger partial charge in [0.05, 0.1) is 6.10 Å². The number of hydrogen-bond donors (Lipinski definition) is 0. The van der Waals surface area contributed by atoms with Crippen molar-refractivity contribution in [3.8, 4) is 0 Å². The van der Waals surface area contributed by atoms with Gasteiger partial charge in [0.1, 0.15) is 6.61 Å². The summed E-state index contributed by atoms with van der Waals surface area (Å²) in [6, 6.07) is 0. The Balaban J connectivity index is 0.000000486. The van der Waals surface area contributed by atoms with Gasteiger partial charge in [0, 0.05) is 6.42 Å². The molecule has 1 rings (SSSR count). The largest absolute Gasteiger partial charge is 0.370 e. The van der Waals surface area contributed by atoms with Crippen molar-refractivity contribution < 1.29 is 14.3 Å². The molecule has 0 saturated heterocycles. The van der Waals surface area contributed by atoms with Crippen LogP contribution < -0.4 is 0 Å². The zero-order chi connectivity index (χ0) is 16.5. The molecule has 0 spiro atoms. The van der Waals surface area contributed by atoms with E-state index in [1.807, 2.05) is 33.3 Å². The summed E-state index contributed by atoms with van der Waals surface area (Å²) in [5, 5.41) is 0. The number of hydrogen-bond acceptors (Lipinski definition) is 3. The van der Waals surface area contributed by atoms with Gasteiger partial charge in [0.2, 0.25) is 6.29 Å². The fraction of sp³-hybridized carbons (Fsp3) is 0.889. The lowest BCUT2D eigenvalue weighted by atomic mass is 9.75. The summed E-state index contributed by atoms with van der Waals surface area (Å²) in [7, 11) is 0. The summed E-state index contributed by atoms with van der Waals surface area (Å²) in [4.78, 5) is 19.9. The molecule has 0 amide bonds. The van der Waals surface area contributed by atoms with Crippen molar-refractivity contribution in [1.82, 2.24) is 0 Å². The third-order valence-corrected chi connectivity index (χ3v) is 3.92. The molecule has 0 heterocycles. The molecule has 0 aromatic carbocycles. The lowest BCUT2D eigenvalue weighted by molar-refractivity contribution is -0.0223. The zero-order valence-electron chi connectivity index (χ0n) is 14.6. The molecule has 3 unspecified atom stereocenters. The van der Waals surface area contributed by atoms with Crippen molar-refractivity contribution in [2.75, 3.05) is 6.61 Å². The second kappa shape index (κ2) is 10.1. The van der Waals surface area contributed by atoms with E-state index in [1.165, 1.54) is 12.8 Å². The molecule has 1 fully saturated rings. The second-order valence-electron chi connectivity index (χ2n) is 7.70. The molecule has 0 aromatic rings. The lowest BCUT2D eigenvalue weighted by Gasteiger charge is -2.36. The fourth-order valence-electron chi connectivity index (χ4n) is 2.66. The molecule has 1 aliphatic carbocycles. The SMILES string of the molecule is CC(C)(C)C[C]=O.CC1CCC(C(C)C)C(OC[C]=O)C1. The maximum atomic E-state index is 10.2. The third kappa shape index (κ3) is 9.78. The van der Waals surface area contributed by atoms with Crippen LogP contribution in [0.1, 0.15) is 67.2 Å². The molecular formula is C18H32O3. The van der Waals surface area contributed by atoms with E-state index in [0.29, 0.717) is 18.3 Å². The van der Waals surface area contributed by atoms with Crippen LogP contribution in [0.4, 0.5) is 0 Å². The van der Waals surface area contributed by atoms with Crippen molar-refractivity contribution >= 4 is 12.6 Å². The molecule has 0 N–H and O–H groups in total. The van der Waals surface area contributed by atoms with Crippen molar-refractivity contribution in [1.29, 1.82) is 0 Å². The van der Waals surface area contributed by atoms with Crippen LogP contribution in [-0.4, -0.2) is 25.3 Å². The Labute approximate surface area is 130 Å². The van der Waals surface area contributed by atoms with Crippen LogP contribution in [0.15, 0.2) is 0 Å². The summed E-state index contributed by atoms with van der Waals surface area (Å²) in [5.41, 5.74) is 0.127. The molecule has 122 valence electrons. The molecule has 0 bridgehead atoms. The lowest BCUT2D eigenvalue weighted by Crippen LogP contribution is -2.34. The first-order valence-electron chi connectivity index (χ1n) is 8.02. The molecule has 2 radical (unpaired) electrons. The highest BCUT2D eigenvalue weighted by Gasteiger charge is 2.31. The predicted octanol–water partition coefficient (Wildman–Crippen LogP) is 4.11. The first-order chi connectivity index (χ1) is 9.71. The Morgan fingerprint density at radius 1 is 1.14 bits per heavy atom. The highest BCUT2D eigenvalue weighted by Crippen LogP contribution is 2.35. The van der Waals surface area contributed by atoms with Crippen LogP contribution in [0.3, 0.4) is 0 Å². The van der Waals surface area contributed by atoms with Gasteiger partial charge in [0.25, 0.3) is 0 Å². The van der Waals surface area contributed by atoms with E-state index in [4.69, 9.17) is 4.74 Å². The standard InChI is InChI=1S/C12H21O2.C6H11O/c1-9(2)11-5-4-10(3)8-12(11)14-7-6-13;1-6(2,3)4-5-7/h9-12H,4-5,7-8H2,1-3H3;4H2,1-3H3. The molecule has 0 aromatic heterocycles. The highest BCUT2D eigenvalue weighted by atomic mass is 16.5. The number of ether oxygens (including phenoxy) is 1. The minimum atomic E-state index is 0.127. The van der Waals surface area contributed by atoms with E-state index in [2.05, 4.69) is 20.8 Å². The van der Waals surface area contributed by atoms with Crippen LogP contribution in [0, 0.1) is 23.2 Å². The maximum Gasteiger partial charge on any atom is 0.226 e. The zero-order valence-corrected chi connectivity index (χ0v) is 14.6. The third-order valence-electron chi connectivity index (χ3n) is 3.92. The van der Waals surface area contributed by atoms with Crippen LogP contribution in [0.5, 0.6) is 0 Å². The van der Waals surface area contributed by atoms with E-state index in [0.717, 1.165) is 12.3 Å². The average Bonchev–Trinajstić information content (AvgIpc) is 2.35.